The molecule has 0 N–H and O–H groups in total. The predicted molar refractivity (Wildman–Crippen MR) is 149 cm³/mol. The summed E-state index contributed by atoms with van der Waals surface area (Å²) in [4.78, 5) is 6.84. The molecule has 0 aliphatic carbocycles. The Bertz CT molecular complexity index is 802. The van der Waals surface area contributed by atoms with Crippen molar-refractivity contribution in [3.8, 4) is 0 Å². The largest absolute Gasteiger partial charge is 0.414 e. The molecule has 0 fully saturated rings. The van der Waals surface area contributed by atoms with Crippen LogP contribution in [0.3, 0.4) is 0 Å². The van der Waals surface area contributed by atoms with Crippen LogP contribution in [0.5, 0.6) is 0 Å². The molecule has 0 aliphatic heterocycles. The third-order valence-electron chi connectivity index (χ3n) is 6.39. The molecular weight excluding hydrogens is 477 g/mol. The predicted octanol–water partition coefficient (Wildman–Crippen LogP) is 8.42. The van der Waals surface area contributed by atoms with Crippen molar-refractivity contribution in [2.45, 2.75) is 112 Å². The van der Waals surface area contributed by atoms with Gasteiger partial charge >= 0.3 is 7.60 Å². The van der Waals surface area contributed by atoms with Crippen LogP contribution in [0.2, 0.25) is 18.1 Å². The van der Waals surface area contributed by atoms with Crippen LogP contribution in [-0.4, -0.2) is 44.5 Å². The first-order chi connectivity index (χ1) is 15.8. The van der Waals surface area contributed by atoms with Gasteiger partial charge in [0, 0.05) is 5.54 Å². The Kier molecular flexibility index (Phi) is 11.5. The molecule has 8 heteroatoms. The van der Waals surface area contributed by atoms with Gasteiger partial charge in [-0.25, -0.2) is 0 Å². The summed E-state index contributed by atoms with van der Waals surface area (Å²) in [7, 11) is -5.59. The molecule has 35 heavy (non-hydrogen) atoms. The van der Waals surface area contributed by atoms with Crippen molar-refractivity contribution in [3.63, 3.8) is 0 Å². The van der Waals surface area contributed by atoms with Gasteiger partial charge in [0.1, 0.15) is 11.9 Å². The zero-order chi connectivity index (χ0) is 27.3. The first kappa shape index (κ1) is 32.5. The molecule has 0 saturated carbocycles. The zero-order valence-electron chi connectivity index (χ0n) is 24.6. The van der Waals surface area contributed by atoms with Crippen molar-refractivity contribution in [2.75, 3.05) is 19.8 Å². The average molecular weight is 530 g/mol. The van der Waals surface area contributed by atoms with Crippen molar-refractivity contribution in [3.05, 3.63) is 35.9 Å². The molecule has 204 valence electrons. The minimum Gasteiger partial charge on any atom is -0.414 e. The van der Waals surface area contributed by atoms with Gasteiger partial charge in [-0.1, -0.05) is 71.9 Å². The molecule has 0 radical (unpaired) electrons. The van der Waals surface area contributed by atoms with Gasteiger partial charge in [-0.15, -0.1) is 0 Å². The van der Waals surface area contributed by atoms with Gasteiger partial charge in [-0.3, -0.25) is 9.40 Å². The number of rotatable bonds is 12. The van der Waals surface area contributed by atoms with Gasteiger partial charge in [-0.2, -0.15) is 5.06 Å². The van der Waals surface area contributed by atoms with Crippen molar-refractivity contribution >= 4 is 15.9 Å². The SMILES string of the molecule is CCOP(=O)(OCC)[C@H](N(O[C@@H](CO[Si](C)(C)C(C)(C)C)c1ccccc1)C(C)(C)C)C(C)(C)C. The Hall–Kier alpha value is -0.533. The highest BCUT2D eigenvalue weighted by atomic mass is 31.2. The van der Waals surface area contributed by atoms with Gasteiger partial charge in [-0.05, 0) is 63.7 Å². The van der Waals surface area contributed by atoms with Crippen LogP contribution in [-0.2, 0) is 22.9 Å². The van der Waals surface area contributed by atoms with E-state index in [0.29, 0.717) is 19.8 Å². The lowest BCUT2D eigenvalue weighted by atomic mass is 9.94. The number of nitrogens with zero attached hydrogens (tertiary/aromatic N) is 1. The summed E-state index contributed by atoms with van der Waals surface area (Å²) in [5, 5.41) is 1.93. The van der Waals surface area contributed by atoms with Crippen molar-refractivity contribution in [1.82, 2.24) is 5.06 Å². The van der Waals surface area contributed by atoms with E-state index in [1.54, 1.807) is 0 Å². The van der Waals surface area contributed by atoms with Crippen LogP contribution in [0, 0.1) is 5.41 Å². The number of hydroxylamine groups is 2. The third-order valence-corrected chi connectivity index (χ3v) is 13.7. The third kappa shape index (κ3) is 9.06. The monoisotopic (exact) mass is 529 g/mol. The molecule has 0 bridgehead atoms. The van der Waals surface area contributed by atoms with Crippen molar-refractivity contribution < 1.29 is 22.9 Å². The van der Waals surface area contributed by atoms with Crippen LogP contribution in [0.4, 0.5) is 0 Å². The summed E-state index contributed by atoms with van der Waals surface area (Å²) in [6, 6.07) is 10.1. The fourth-order valence-electron chi connectivity index (χ4n) is 3.57. The molecule has 1 aromatic carbocycles. The summed E-state index contributed by atoms with van der Waals surface area (Å²) in [5.74, 6) is -0.631. The molecular formula is C27H52NO5PSi. The van der Waals surface area contributed by atoms with E-state index in [1.165, 1.54) is 0 Å². The summed E-state index contributed by atoms with van der Waals surface area (Å²) < 4.78 is 32.6. The van der Waals surface area contributed by atoms with E-state index in [2.05, 4.69) is 66.8 Å². The maximum atomic E-state index is 14.2. The highest BCUT2D eigenvalue weighted by Crippen LogP contribution is 2.61. The lowest BCUT2D eigenvalue weighted by Gasteiger charge is -2.48. The second kappa shape index (κ2) is 12.3. The van der Waals surface area contributed by atoms with E-state index in [0.717, 1.165) is 5.56 Å². The Labute approximate surface area is 216 Å². The maximum absolute atomic E-state index is 14.2. The van der Waals surface area contributed by atoms with Crippen molar-refractivity contribution in [1.29, 1.82) is 0 Å². The zero-order valence-corrected chi connectivity index (χ0v) is 26.5. The fraction of sp³-hybridized carbons (Fsp3) is 0.778. The first-order valence-electron chi connectivity index (χ1n) is 12.8. The van der Waals surface area contributed by atoms with Crippen LogP contribution in [0.15, 0.2) is 30.3 Å². The normalized spacial score (nSPS) is 15.9. The molecule has 6 nitrogen and oxygen atoms in total. The van der Waals surface area contributed by atoms with Crippen molar-refractivity contribution in [2.24, 2.45) is 5.41 Å². The summed E-state index contributed by atoms with van der Waals surface area (Å²) >= 11 is 0. The van der Waals surface area contributed by atoms with Crippen LogP contribution in [0.25, 0.3) is 0 Å². The lowest BCUT2D eigenvalue weighted by molar-refractivity contribution is -0.273. The smallest absolute Gasteiger partial charge is 0.350 e. The standard InChI is InChI=1S/C27H52NO5PSi/c1-14-30-34(29,31-15-2)24(25(3,4)5)28(26(6,7)8)33-23(22-19-17-16-18-20-22)21-32-35(12,13)27(9,10)11/h16-20,23-24H,14-15,21H2,1-13H3/t23-,24-/m0/s1. The second-order valence-corrected chi connectivity index (χ2v) is 19.6. The quantitative estimate of drug-likeness (QED) is 0.154. The Morgan fingerprint density at radius 1 is 0.886 bits per heavy atom. The van der Waals surface area contributed by atoms with Gasteiger partial charge in [0.05, 0.1) is 19.8 Å². The molecule has 0 aromatic heterocycles. The molecule has 0 unspecified atom stereocenters. The average Bonchev–Trinajstić information content (AvgIpc) is 2.68. The molecule has 1 rings (SSSR count). The summed E-state index contributed by atoms with van der Waals surface area (Å²) in [6.45, 7) is 28.2. The first-order valence-corrected chi connectivity index (χ1v) is 17.4. The Morgan fingerprint density at radius 3 is 1.74 bits per heavy atom. The van der Waals surface area contributed by atoms with Gasteiger partial charge in [0.2, 0.25) is 0 Å². The van der Waals surface area contributed by atoms with E-state index < -0.39 is 32.7 Å². The molecule has 0 spiro atoms. The highest BCUT2D eigenvalue weighted by Gasteiger charge is 2.52. The molecule has 0 amide bonds. The van der Waals surface area contributed by atoms with Crippen LogP contribution < -0.4 is 0 Å². The van der Waals surface area contributed by atoms with Gasteiger partial charge in [0.15, 0.2) is 8.32 Å². The summed E-state index contributed by atoms with van der Waals surface area (Å²) in [6.07, 6.45) is -0.383. The molecule has 2 atom stereocenters. The molecule has 1 aromatic rings. The van der Waals surface area contributed by atoms with E-state index in [-0.39, 0.29) is 11.1 Å². The Morgan fingerprint density at radius 2 is 1.37 bits per heavy atom. The number of benzene rings is 1. The number of hydrogen-bond acceptors (Lipinski definition) is 6. The Balaban J connectivity index is 3.57. The topological polar surface area (TPSA) is 57.2 Å². The van der Waals surface area contributed by atoms with E-state index in [1.807, 2.05) is 57.9 Å². The minimum absolute atomic E-state index is 0.0749. The second-order valence-electron chi connectivity index (χ2n) is 12.7. The maximum Gasteiger partial charge on any atom is 0.350 e. The highest BCUT2D eigenvalue weighted by molar-refractivity contribution is 7.54. The van der Waals surface area contributed by atoms with E-state index in [9.17, 15) is 4.57 Å². The van der Waals surface area contributed by atoms with Crippen LogP contribution >= 0.6 is 7.60 Å². The fourth-order valence-corrected chi connectivity index (χ4v) is 7.25. The summed E-state index contributed by atoms with van der Waals surface area (Å²) in [5.41, 5.74) is 0.0521. The molecule has 0 saturated heterocycles. The minimum atomic E-state index is -3.56. The molecule has 0 heterocycles. The molecule has 0 aliphatic rings. The van der Waals surface area contributed by atoms with E-state index >= 15 is 0 Å². The van der Waals surface area contributed by atoms with E-state index in [4.69, 9.17) is 18.3 Å². The van der Waals surface area contributed by atoms with Crippen LogP contribution in [0.1, 0.15) is 87.8 Å². The van der Waals surface area contributed by atoms with Gasteiger partial charge < -0.3 is 13.5 Å². The lowest BCUT2D eigenvalue weighted by Crippen LogP contribution is -2.54. The number of hydrogen-bond donors (Lipinski definition) is 0. The van der Waals surface area contributed by atoms with Gasteiger partial charge in [0.25, 0.3) is 0 Å².